The maximum absolute atomic E-state index is 12.9. The highest BCUT2D eigenvalue weighted by atomic mass is 16.6. The smallest absolute Gasteiger partial charge is 0.407 e. The molecule has 2 aromatic rings. The molecule has 8 nitrogen and oxygen atoms in total. The summed E-state index contributed by atoms with van der Waals surface area (Å²) >= 11 is 0. The minimum Gasteiger partial charge on any atom is -0.444 e. The van der Waals surface area contributed by atoms with Crippen molar-refractivity contribution in [2.24, 2.45) is 19.5 Å². The molecule has 1 saturated heterocycles. The molecule has 1 aromatic heterocycles. The highest BCUT2D eigenvalue weighted by Gasteiger charge is 2.54. The molecule has 2 fully saturated rings. The molecule has 4 rings (SSSR count). The second-order valence-electron chi connectivity index (χ2n) is 9.52. The maximum Gasteiger partial charge on any atom is 0.407 e. The van der Waals surface area contributed by atoms with E-state index in [-0.39, 0.29) is 29.1 Å². The van der Waals surface area contributed by atoms with Gasteiger partial charge < -0.3 is 15.0 Å². The van der Waals surface area contributed by atoms with E-state index in [1.54, 1.807) is 35.4 Å². The third kappa shape index (κ3) is 3.41. The number of ether oxygens (including phenoxy) is 1. The SMILES string of the molecule is Cn1c(=O)n(C)c2cc(C(=O)N3CC4(CC(NC(=O)OC(C)(C)C)C4)C3)ccc21. The monoisotopic (exact) mass is 400 g/mol. The van der Waals surface area contributed by atoms with Crippen molar-refractivity contribution in [3.63, 3.8) is 0 Å². The number of aryl methyl sites for hydroxylation is 2. The third-order valence-corrected chi connectivity index (χ3v) is 5.94. The Labute approximate surface area is 169 Å². The number of alkyl carbamates (subject to hydrolysis) is 1. The van der Waals surface area contributed by atoms with E-state index in [2.05, 4.69) is 5.32 Å². The van der Waals surface area contributed by atoms with Crippen molar-refractivity contribution in [3.05, 3.63) is 34.2 Å². The fraction of sp³-hybridized carbons (Fsp3) is 0.571. The Hall–Kier alpha value is -2.77. The lowest BCUT2D eigenvalue weighted by molar-refractivity contribution is -0.0621. The number of benzene rings is 1. The zero-order chi connectivity index (χ0) is 21.1. The van der Waals surface area contributed by atoms with E-state index >= 15 is 0 Å². The van der Waals surface area contributed by atoms with E-state index in [0.717, 1.165) is 23.9 Å². The molecule has 2 aliphatic rings. The number of carbonyl (C=O) groups excluding carboxylic acids is 2. The molecular formula is C21H28N4O4. The van der Waals surface area contributed by atoms with E-state index in [1.165, 1.54) is 0 Å². The molecule has 0 unspecified atom stereocenters. The normalized spacial score (nSPS) is 18.4. The molecular weight excluding hydrogens is 372 g/mol. The standard InChI is InChI=1S/C21H28N4O4/c1-20(2,3)29-18(27)22-14-9-21(10-14)11-25(12-21)17(26)13-6-7-15-16(8-13)24(5)19(28)23(15)4/h6-8,14H,9-12H2,1-5H3,(H,22,27). The lowest BCUT2D eigenvalue weighted by atomic mass is 9.60. The number of hydrogen-bond acceptors (Lipinski definition) is 4. The van der Waals surface area contributed by atoms with Crippen LogP contribution in [0, 0.1) is 5.41 Å². The van der Waals surface area contributed by atoms with Crippen LogP contribution >= 0.6 is 0 Å². The van der Waals surface area contributed by atoms with Crippen molar-refractivity contribution in [1.82, 2.24) is 19.4 Å². The molecule has 1 N–H and O–H groups in total. The Morgan fingerprint density at radius 2 is 1.72 bits per heavy atom. The molecule has 0 atom stereocenters. The van der Waals surface area contributed by atoms with Crippen LogP contribution in [0.4, 0.5) is 4.79 Å². The summed E-state index contributed by atoms with van der Waals surface area (Å²) in [5.41, 5.74) is 1.66. The molecule has 8 heteroatoms. The molecule has 1 spiro atoms. The second kappa shape index (κ2) is 6.37. The number of likely N-dealkylation sites (tertiary alicyclic amines) is 1. The van der Waals surface area contributed by atoms with Crippen LogP contribution in [-0.4, -0.2) is 50.8 Å². The van der Waals surface area contributed by atoms with Gasteiger partial charge in [0.05, 0.1) is 11.0 Å². The van der Waals surface area contributed by atoms with Crippen molar-refractivity contribution in [3.8, 4) is 0 Å². The van der Waals surface area contributed by atoms with E-state index in [4.69, 9.17) is 4.74 Å². The molecule has 2 heterocycles. The Morgan fingerprint density at radius 3 is 2.34 bits per heavy atom. The number of carbonyl (C=O) groups is 2. The fourth-order valence-corrected chi connectivity index (χ4v) is 4.55. The third-order valence-electron chi connectivity index (χ3n) is 5.94. The van der Waals surface area contributed by atoms with Crippen LogP contribution in [0.1, 0.15) is 44.0 Å². The average molecular weight is 400 g/mol. The number of nitrogens with one attached hydrogen (secondary N) is 1. The first kappa shape index (κ1) is 19.5. The summed E-state index contributed by atoms with van der Waals surface area (Å²) in [5, 5.41) is 2.91. The molecule has 0 radical (unpaired) electrons. The van der Waals surface area contributed by atoms with Gasteiger partial charge in [0.25, 0.3) is 5.91 Å². The van der Waals surface area contributed by atoms with Gasteiger partial charge >= 0.3 is 11.8 Å². The largest absolute Gasteiger partial charge is 0.444 e. The van der Waals surface area contributed by atoms with Crippen LogP contribution in [-0.2, 0) is 18.8 Å². The molecule has 1 aliphatic carbocycles. The van der Waals surface area contributed by atoms with Gasteiger partial charge in [-0.05, 0) is 51.8 Å². The topological polar surface area (TPSA) is 85.6 Å². The van der Waals surface area contributed by atoms with E-state index in [0.29, 0.717) is 18.7 Å². The zero-order valence-corrected chi connectivity index (χ0v) is 17.6. The van der Waals surface area contributed by atoms with Crippen LogP contribution in [0.2, 0.25) is 0 Å². The van der Waals surface area contributed by atoms with Gasteiger partial charge in [-0.1, -0.05) is 0 Å². The molecule has 2 amide bonds. The molecule has 0 bridgehead atoms. The predicted octanol–water partition coefficient (Wildman–Crippen LogP) is 2.01. The van der Waals surface area contributed by atoms with Crippen LogP contribution in [0.25, 0.3) is 11.0 Å². The summed E-state index contributed by atoms with van der Waals surface area (Å²) < 4.78 is 8.43. The van der Waals surface area contributed by atoms with Gasteiger partial charge in [-0.25, -0.2) is 9.59 Å². The average Bonchev–Trinajstić information content (AvgIpc) is 2.78. The van der Waals surface area contributed by atoms with Crippen molar-refractivity contribution in [2.75, 3.05) is 13.1 Å². The highest BCUT2D eigenvalue weighted by Crippen LogP contribution is 2.48. The van der Waals surface area contributed by atoms with Crippen molar-refractivity contribution >= 4 is 23.0 Å². The number of rotatable bonds is 2. The quantitative estimate of drug-likeness (QED) is 0.836. The first-order valence-electron chi connectivity index (χ1n) is 9.92. The minimum atomic E-state index is -0.505. The molecule has 1 aliphatic heterocycles. The van der Waals surface area contributed by atoms with Crippen LogP contribution in [0.5, 0.6) is 0 Å². The summed E-state index contributed by atoms with van der Waals surface area (Å²) in [6, 6.07) is 5.50. The Bertz CT molecular complexity index is 1050. The van der Waals surface area contributed by atoms with Crippen molar-refractivity contribution < 1.29 is 14.3 Å². The number of imidazole rings is 1. The van der Waals surface area contributed by atoms with Gasteiger partial charge in [0, 0.05) is 44.2 Å². The molecule has 156 valence electrons. The summed E-state index contributed by atoms with van der Waals surface area (Å²) in [6.07, 6.45) is 1.34. The van der Waals surface area contributed by atoms with Gasteiger partial charge in [0.1, 0.15) is 5.60 Å². The summed E-state index contributed by atoms with van der Waals surface area (Å²) in [7, 11) is 3.44. The predicted molar refractivity (Wildman–Crippen MR) is 109 cm³/mol. The number of hydrogen-bond donors (Lipinski definition) is 1. The van der Waals surface area contributed by atoms with Gasteiger partial charge in [0.2, 0.25) is 0 Å². The molecule has 1 saturated carbocycles. The Balaban J connectivity index is 1.35. The molecule has 1 aromatic carbocycles. The Kier molecular flexibility index (Phi) is 4.29. The summed E-state index contributed by atoms with van der Waals surface area (Å²) in [5.74, 6) is -0.0163. The highest BCUT2D eigenvalue weighted by molar-refractivity contribution is 5.98. The number of nitrogens with zero attached hydrogens (tertiary/aromatic N) is 3. The van der Waals surface area contributed by atoms with Gasteiger partial charge in [0.15, 0.2) is 0 Å². The fourth-order valence-electron chi connectivity index (χ4n) is 4.55. The minimum absolute atomic E-state index is 0.0163. The zero-order valence-electron chi connectivity index (χ0n) is 17.6. The van der Waals surface area contributed by atoms with Crippen molar-refractivity contribution in [1.29, 1.82) is 0 Å². The van der Waals surface area contributed by atoms with E-state index in [1.807, 2.05) is 31.7 Å². The second-order valence-corrected chi connectivity index (χ2v) is 9.52. The van der Waals surface area contributed by atoms with Crippen molar-refractivity contribution in [2.45, 2.75) is 45.3 Å². The van der Waals surface area contributed by atoms with E-state index in [9.17, 15) is 14.4 Å². The van der Waals surface area contributed by atoms with Gasteiger partial charge in [-0.3, -0.25) is 13.9 Å². The number of aromatic nitrogens is 2. The number of amides is 2. The summed E-state index contributed by atoms with van der Waals surface area (Å²) in [4.78, 5) is 38.6. The molecule has 29 heavy (non-hydrogen) atoms. The van der Waals surface area contributed by atoms with E-state index < -0.39 is 5.60 Å². The van der Waals surface area contributed by atoms with Crippen LogP contribution in [0.15, 0.2) is 23.0 Å². The van der Waals surface area contributed by atoms with Gasteiger partial charge in [-0.2, -0.15) is 0 Å². The first-order chi connectivity index (χ1) is 13.5. The van der Waals surface area contributed by atoms with Crippen LogP contribution in [0.3, 0.4) is 0 Å². The maximum atomic E-state index is 12.9. The lowest BCUT2D eigenvalue weighted by Crippen LogP contribution is -2.67. The number of fused-ring (bicyclic) bond motifs is 1. The summed E-state index contributed by atoms with van der Waals surface area (Å²) in [6.45, 7) is 6.92. The van der Waals surface area contributed by atoms with Gasteiger partial charge in [-0.15, -0.1) is 0 Å². The lowest BCUT2D eigenvalue weighted by Gasteiger charge is -2.59. The Morgan fingerprint density at radius 1 is 1.10 bits per heavy atom. The van der Waals surface area contributed by atoms with Crippen LogP contribution < -0.4 is 11.0 Å². The first-order valence-corrected chi connectivity index (χ1v) is 9.92.